The molecular weight excluding hydrogens is 580 g/mol. The Labute approximate surface area is 240 Å². The van der Waals surface area contributed by atoms with E-state index < -0.39 is 79.8 Å². The number of carbonyl (C=O) groups is 4. The van der Waals surface area contributed by atoms with Gasteiger partial charge in [-0.2, -0.15) is 0 Å². The number of fused-ring (bicyclic) bond motifs is 1. The van der Waals surface area contributed by atoms with E-state index in [0.29, 0.717) is 5.56 Å². The van der Waals surface area contributed by atoms with Gasteiger partial charge in [0.1, 0.15) is 54.3 Å². The van der Waals surface area contributed by atoms with E-state index in [0.717, 1.165) is 6.07 Å². The Hall–Kier alpha value is -5.19. The minimum atomic E-state index is -1.99. The topological polar surface area (TPSA) is 258 Å². The van der Waals surface area contributed by atoms with Crippen LogP contribution in [0.1, 0.15) is 12.8 Å². The molecule has 0 spiro atoms. The van der Waals surface area contributed by atoms with Gasteiger partial charge in [0.2, 0.25) is 12.0 Å². The van der Waals surface area contributed by atoms with Crippen molar-refractivity contribution in [1.82, 2.24) is 0 Å². The molecule has 0 unspecified atom stereocenters. The Balaban J connectivity index is 1.72. The summed E-state index contributed by atoms with van der Waals surface area (Å²) < 4.78 is 27.1. The third-order valence-corrected chi connectivity index (χ3v) is 6.10. The van der Waals surface area contributed by atoms with E-state index in [4.69, 9.17) is 33.6 Å². The Morgan fingerprint density at radius 1 is 0.837 bits per heavy atom. The maximum absolute atomic E-state index is 12.1. The number of aromatic hydroxyl groups is 3. The van der Waals surface area contributed by atoms with Gasteiger partial charge in [-0.05, 0) is 24.3 Å². The second kappa shape index (κ2) is 12.8. The number of carboxylic acid groups (broad SMARTS) is 2. The average molecular weight is 605 g/mol. The van der Waals surface area contributed by atoms with Gasteiger partial charge in [-0.15, -0.1) is 0 Å². The van der Waals surface area contributed by atoms with Gasteiger partial charge >= 0.3 is 35.2 Å². The highest BCUT2D eigenvalue weighted by atomic mass is 16.7. The fourth-order valence-corrected chi connectivity index (χ4v) is 4.15. The number of ether oxygens (including phenoxy) is 4. The van der Waals surface area contributed by atoms with Gasteiger partial charge in [0.25, 0.3) is 0 Å². The van der Waals surface area contributed by atoms with E-state index in [9.17, 15) is 44.7 Å². The summed E-state index contributed by atoms with van der Waals surface area (Å²) in [6.07, 6.45) is -11.3. The summed E-state index contributed by atoms with van der Waals surface area (Å²) in [5, 5.41) is 69.5. The number of benzene rings is 2. The van der Waals surface area contributed by atoms with Crippen LogP contribution in [0.5, 0.6) is 23.0 Å². The van der Waals surface area contributed by atoms with Crippen molar-refractivity contribution in [3.63, 3.8) is 0 Å². The van der Waals surface area contributed by atoms with Gasteiger partial charge in [-0.3, -0.25) is 19.2 Å². The molecule has 0 saturated carbocycles. The minimum Gasteiger partial charge on any atom is -0.508 e. The van der Waals surface area contributed by atoms with Gasteiger partial charge in [-0.1, -0.05) is 0 Å². The molecule has 3 aromatic rings. The lowest BCUT2D eigenvalue weighted by Crippen LogP contribution is -2.61. The summed E-state index contributed by atoms with van der Waals surface area (Å²) in [6, 6.07) is 8.97. The lowest BCUT2D eigenvalue weighted by atomic mass is 9.98. The molecule has 1 fully saturated rings. The van der Waals surface area contributed by atoms with Crippen molar-refractivity contribution >= 4 is 34.8 Å². The summed E-state index contributed by atoms with van der Waals surface area (Å²) in [4.78, 5) is 45.6. The van der Waals surface area contributed by atoms with Crippen LogP contribution in [0.25, 0.3) is 22.3 Å². The van der Waals surface area contributed by atoms with Gasteiger partial charge in [0.05, 0.1) is 11.6 Å². The van der Waals surface area contributed by atoms with Crippen LogP contribution < -0.4 is 4.74 Å². The first-order chi connectivity index (χ1) is 20.3. The van der Waals surface area contributed by atoms with E-state index in [-0.39, 0.29) is 34.0 Å². The number of aliphatic hydroxyl groups excluding tert-OH is 2. The molecule has 16 heteroatoms. The maximum Gasteiger partial charge on any atom is 0.402 e. The molecule has 2 heterocycles. The molecule has 0 aliphatic carbocycles. The van der Waals surface area contributed by atoms with Crippen LogP contribution >= 0.6 is 0 Å². The number of aliphatic carboxylic acids is 2. The number of hydrogen-bond acceptors (Lipinski definition) is 13. The SMILES string of the molecule is O=C(O)CC(=O)OC[C@H]1O[C@@H](Oc2cc3c(O)cc(O)cc3[o+]c2-c2ccc(O)cc2)[C@H](O)[C@@H](OC(=O)CC(=O)O)[C@@H]1O. The minimum absolute atomic E-state index is 0.00263. The number of esters is 2. The van der Waals surface area contributed by atoms with Crippen molar-refractivity contribution in [3.8, 4) is 34.3 Å². The van der Waals surface area contributed by atoms with Crippen molar-refractivity contribution in [2.75, 3.05) is 6.61 Å². The molecule has 2 aromatic carbocycles. The summed E-state index contributed by atoms with van der Waals surface area (Å²) in [5.74, 6) is -6.72. The molecule has 0 amide bonds. The van der Waals surface area contributed by atoms with Gasteiger partial charge in [0.15, 0.2) is 12.2 Å². The highest BCUT2D eigenvalue weighted by molar-refractivity contribution is 5.91. The standard InChI is InChI=1S/C27H24O16/c28-12-3-1-11(2-4-12)25-17(7-14-15(30)5-13(29)6-16(14)40-25)41-27-24(38)26(43-22(36)9-20(33)34)23(37)18(42-27)10-39-21(35)8-19(31)32/h1-7,18,23-24,26-27,37-38H,8-10H2,(H4-,28,29,30,31,32,33,34)/p+1/t18-,23-,24-,26+,27-/m1/s1. The molecule has 7 N–H and O–H groups in total. The summed E-state index contributed by atoms with van der Waals surface area (Å²) in [6.45, 7) is -0.792. The molecule has 0 bridgehead atoms. The van der Waals surface area contributed by atoms with Crippen molar-refractivity contribution in [2.24, 2.45) is 0 Å². The molecule has 228 valence electrons. The summed E-state index contributed by atoms with van der Waals surface area (Å²) in [5.41, 5.74) is 0.295. The number of carboxylic acids is 2. The van der Waals surface area contributed by atoms with E-state index in [1.807, 2.05) is 0 Å². The van der Waals surface area contributed by atoms with Crippen LogP contribution in [-0.2, 0) is 33.4 Å². The second-order valence-corrected chi connectivity index (χ2v) is 9.28. The highest BCUT2D eigenvalue weighted by Crippen LogP contribution is 2.41. The number of phenolic OH excluding ortho intramolecular Hbond substituents is 3. The van der Waals surface area contributed by atoms with Gasteiger partial charge in [0, 0.05) is 12.1 Å². The number of aliphatic hydroxyl groups is 2. The van der Waals surface area contributed by atoms with Crippen molar-refractivity contribution in [2.45, 2.75) is 43.5 Å². The number of carbonyl (C=O) groups excluding carboxylic acids is 2. The average Bonchev–Trinajstić information content (AvgIpc) is 2.91. The largest absolute Gasteiger partial charge is 0.508 e. The van der Waals surface area contributed by atoms with Crippen LogP contribution in [0.2, 0.25) is 0 Å². The van der Waals surface area contributed by atoms with Gasteiger partial charge < -0.3 is 54.7 Å². The molecule has 1 aliphatic rings. The van der Waals surface area contributed by atoms with Crippen LogP contribution in [0.3, 0.4) is 0 Å². The van der Waals surface area contributed by atoms with E-state index in [2.05, 4.69) is 0 Å². The first-order valence-electron chi connectivity index (χ1n) is 12.4. The summed E-state index contributed by atoms with van der Waals surface area (Å²) in [7, 11) is 0. The van der Waals surface area contributed by atoms with E-state index >= 15 is 0 Å². The van der Waals surface area contributed by atoms with Crippen molar-refractivity contribution in [1.29, 1.82) is 0 Å². The Kier molecular flexibility index (Phi) is 9.13. The van der Waals surface area contributed by atoms with Crippen LogP contribution in [0.15, 0.2) is 46.9 Å². The number of hydrogen-bond donors (Lipinski definition) is 7. The van der Waals surface area contributed by atoms with Crippen LogP contribution in [-0.4, -0.2) is 96.9 Å². The fraction of sp³-hybridized carbons (Fsp3) is 0.296. The smallest absolute Gasteiger partial charge is 0.402 e. The second-order valence-electron chi connectivity index (χ2n) is 9.28. The zero-order chi connectivity index (χ0) is 31.4. The Morgan fingerprint density at radius 3 is 2.14 bits per heavy atom. The molecule has 43 heavy (non-hydrogen) atoms. The molecule has 1 aliphatic heterocycles. The Morgan fingerprint density at radius 2 is 1.49 bits per heavy atom. The summed E-state index contributed by atoms with van der Waals surface area (Å²) >= 11 is 0. The molecular formula is C27H25O16+. The molecule has 1 aromatic heterocycles. The fourth-order valence-electron chi connectivity index (χ4n) is 4.15. The lowest BCUT2D eigenvalue weighted by Gasteiger charge is -2.41. The zero-order valence-electron chi connectivity index (χ0n) is 21.9. The van der Waals surface area contributed by atoms with Crippen molar-refractivity contribution in [3.05, 3.63) is 42.5 Å². The third kappa shape index (κ3) is 7.37. The zero-order valence-corrected chi connectivity index (χ0v) is 21.9. The monoisotopic (exact) mass is 605 g/mol. The predicted octanol–water partition coefficient (Wildman–Crippen LogP) is 0.728. The molecule has 16 nitrogen and oxygen atoms in total. The first kappa shape index (κ1) is 30.8. The first-order valence-corrected chi connectivity index (χ1v) is 12.4. The quantitative estimate of drug-likeness (QED) is 0.0954. The maximum atomic E-state index is 12.1. The Bertz CT molecular complexity index is 1530. The van der Waals surface area contributed by atoms with E-state index in [1.165, 1.54) is 36.4 Å². The van der Waals surface area contributed by atoms with Crippen molar-refractivity contribution < 1.29 is 78.3 Å². The molecule has 5 atom stereocenters. The predicted molar refractivity (Wildman–Crippen MR) is 138 cm³/mol. The number of rotatable bonds is 10. The third-order valence-electron chi connectivity index (χ3n) is 6.10. The van der Waals surface area contributed by atoms with E-state index in [1.54, 1.807) is 0 Å². The number of phenols is 3. The molecule has 0 radical (unpaired) electrons. The molecule has 4 rings (SSSR count). The van der Waals surface area contributed by atoms with Crippen LogP contribution in [0, 0.1) is 0 Å². The molecule has 1 saturated heterocycles. The van der Waals surface area contributed by atoms with Gasteiger partial charge in [-0.25, -0.2) is 4.42 Å². The highest BCUT2D eigenvalue weighted by Gasteiger charge is 2.49. The van der Waals surface area contributed by atoms with Crippen LogP contribution in [0.4, 0.5) is 0 Å². The normalized spacial score (nSPS) is 21.6. The lowest BCUT2D eigenvalue weighted by molar-refractivity contribution is -0.282.